The highest BCUT2D eigenvalue weighted by Crippen LogP contribution is 2.22. The van der Waals surface area contributed by atoms with Gasteiger partial charge < -0.3 is 16.0 Å². The lowest BCUT2D eigenvalue weighted by atomic mass is 9.96. The van der Waals surface area contributed by atoms with Gasteiger partial charge in [0.15, 0.2) is 0 Å². The van der Waals surface area contributed by atoms with E-state index >= 15 is 0 Å². The van der Waals surface area contributed by atoms with Crippen LogP contribution in [0.2, 0.25) is 0 Å². The van der Waals surface area contributed by atoms with Crippen LogP contribution in [-0.2, 0) is 4.79 Å². The minimum Gasteiger partial charge on any atom is -0.351 e. The third-order valence-electron chi connectivity index (χ3n) is 4.18. The number of amides is 1. The molecule has 1 aliphatic rings. The lowest BCUT2D eigenvalue weighted by Crippen LogP contribution is -2.23. The summed E-state index contributed by atoms with van der Waals surface area (Å²) >= 11 is 0. The van der Waals surface area contributed by atoms with E-state index in [1.165, 1.54) is 32.1 Å². The summed E-state index contributed by atoms with van der Waals surface area (Å²) < 4.78 is 0. The molecule has 1 fully saturated rings. The Kier molecular flexibility index (Phi) is 5.25. The molecule has 1 amide bonds. The zero-order valence-electron chi connectivity index (χ0n) is 13.9. The molecule has 1 saturated carbocycles. The number of carbonyl (C=O) groups excluding carboxylic acids is 1. The van der Waals surface area contributed by atoms with Crippen LogP contribution in [0.3, 0.4) is 0 Å². The van der Waals surface area contributed by atoms with E-state index in [1.807, 2.05) is 37.3 Å². The van der Waals surface area contributed by atoms with Crippen molar-refractivity contribution in [2.45, 2.75) is 45.1 Å². The predicted octanol–water partition coefficient (Wildman–Crippen LogP) is 3.84. The SMILES string of the molecule is Cc1cc(Nc2ccc(NC=O)cc2)nc(NC2CCCCC2)n1. The number of rotatable bonds is 6. The summed E-state index contributed by atoms with van der Waals surface area (Å²) in [4.78, 5) is 19.5. The van der Waals surface area contributed by atoms with E-state index in [0.717, 1.165) is 22.9 Å². The second-order valence-electron chi connectivity index (χ2n) is 6.16. The normalized spacial score (nSPS) is 14.9. The number of benzene rings is 1. The summed E-state index contributed by atoms with van der Waals surface area (Å²) in [6.07, 6.45) is 6.91. The van der Waals surface area contributed by atoms with Gasteiger partial charge in [0.25, 0.3) is 0 Å². The highest BCUT2D eigenvalue weighted by atomic mass is 16.1. The van der Waals surface area contributed by atoms with Gasteiger partial charge in [0.05, 0.1) is 0 Å². The van der Waals surface area contributed by atoms with Gasteiger partial charge in [0.1, 0.15) is 5.82 Å². The van der Waals surface area contributed by atoms with Crippen LogP contribution >= 0.6 is 0 Å². The second kappa shape index (κ2) is 7.77. The Morgan fingerprint density at radius 3 is 2.46 bits per heavy atom. The first-order valence-electron chi connectivity index (χ1n) is 8.42. The standard InChI is InChI=1S/C18H23N5O/c1-13-11-17(21-16-9-7-14(8-10-16)19-12-24)23-18(20-13)22-15-5-3-2-4-6-15/h7-12,15H,2-6H2,1H3,(H,19,24)(H2,20,21,22,23). The number of carbonyl (C=O) groups is 1. The van der Waals surface area contributed by atoms with Crippen molar-refractivity contribution < 1.29 is 4.79 Å². The summed E-state index contributed by atoms with van der Waals surface area (Å²) in [5.41, 5.74) is 2.59. The van der Waals surface area contributed by atoms with Crippen molar-refractivity contribution in [2.24, 2.45) is 0 Å². The Balaban J connectivity index is 1.69. The van der Waals surface area contributed by atoms with Crippen molar-refractivity contribution in [1.29, 1.82) is 0 Å². The van der Waals surface area contributed by atoms with E-state index in [1.54, 1.807) is 0 Å². The molecule has 0 unspecified atom stereocenters. The van der Waals surface area contributed by atoms with Crippen LogP contribution < -0.4 is 16.0 Å². The first kappa shape index (κ1) is 16.2. The number of nitrogens with zero attached hydrogens (tertiary/aromatic N) is 2. The zero-order chi connectivity index (χ0) is 16.8. The van der Waals surface area contributed by atoms with Crippen LogP contribution in [0, 0.1) is 6.92 Å². The largest absolute Gasteiger partial charge is 0.351 e. The monoisotopic (exact) mass is 325 g/mol. The first-order chi connectivity index (χ1) is 11.7. The fraction of sp³-hybridized carbons (Fsp3) is 0.389. The number of aromatic nitrogens is 2. The molecule has 3 rings (SSSR count). The van der Waals surface area contributed by atoms with Gasteiger partial charge in [-0.1, -0.05) is 19.3 Å². The van der Waals surface area contributed by atoms with Crippen molar-refractivity contribution >= 4 is 29.6 Å². The fourth-order valence-corrected chi connectivity index (χ4v) is 2.99. The lowest BCUT2D eigenvalue weighted by Gasteiger charge is -2.23. The third kappa shape index (κ3) is 4.44. The molecule has 1 aromatic heterocycles. The molecule has 0 bridgehead atoms. The molecule has 6 nitrogen and oxygen atoms in total. The summed E-state index contributed by atoms with van der Waals surface area (Å²) in [5.74, 6) is 1.44. The van der Waals surface area contributed by atoms with Crippen molar-refractivity contribution in [3.63, 3.8) is 0 Å². The number of aryl methyl sites for hydroxylation is 1. The average molecular weight is 325 g/mol. The van der Waals surface area contributed by atoms with Gasteiger partial charge in [0.2, 0.25) is 12.4 Å². The van der Waals surface area contributed by atoms with E-state index < -0.39 is 0 Å². The maximum absolute atomic E-state index is 10.4. The summed E-state index contributed by atoms with van der Waals surface area (Å²) in [7, 11) is 0. The molecule has 1 heterocycles. The quantitative estimate of drug-likeness (QED) is 0.703. The molecule has 0 aliphatic heterocycles. The smallest absolute Gasteiger partial charge is 0.225 e. The zero-order valence-corrected chi connectivity index (χ0v) is 13.9. The van der Waals surface area contributed by atoms with Gasteiger partial charge >= 0.3 is 0 Å². The Morgan fingerprint density at radius 1 is 1.04 bits per heavy atom. The van der Waals surface area contributed by atoms with E-state index in [2.05, 4.69) is 25.9 Å². The molecule has 24 heavy (non-hydrogen) atoms. The van der Waals surface area contributed by atoms with Gasteiger partial charge in [-0.05, 0) is 44.0 Å². The highest BCUT2D eigenvalue weighted by molar-refractivity contribution is 5.72. The maximum Gasteiger partial charge on any atom is 0.225 e. The van der Waals surface area contributed by atoms with E-state index in [0.29, 0.717) is 18.4 Å². The Bertz CT molecular complexity index is 680. The Morgan fingerprint density at radius 2 is 1.75 bits per heavy atom. The van der Waals surface area contributed by atoms with Crippen LogP contribution in [-0.4, -0.2) is 22.4 Å². The van der Waals surface area contributed by atoms with Crippen molar-refractivity contribution in [2.75, 3.05) is 16.0 Å². The van der Waals surface area contributed by atoms with Crippen LogP contribution in [0.5, 0.6) is 0 Å². The Hall–Kier alpha value is -2.63. The van der Waals surface area contributed by atoms with E-state index in [4.69, 9.17) is 0 Å². The third-order valence-corrected chi connectivity index (χ3v) is 4.18. The molecule has 0 atom stereocenters. The number of nitrogens with one attached hydrogen (secondary N) is 3. The minimum atomic E-state index is 0.474. The van der Waals surface area contributed by atoms with Gasteiger partial charge in [-0.2, -0.15) is 4.98 Å². The molecule has 6 heteroatoms. The predicted molar refractivity (Wildman–Crippen MR) is 96.7 cm³/mol. The number of hydrogen-bond donors (Lipinski definition) is 3. The molecule has 126 valence electrons. The maximum atomic E-state index is 10.4. The van der Waals surface area contributed by atoms with E-state index in [-0.39, 0.29) is 0 Å². The minimum absolute atomic E-state index is 0.474. The Labute approximate surface area is 142 Å². The molecule has 2 aromatic rings. The molecular weight excluding hydrogens is 302 g/mol. The summed E-state index contributed by atoms with van der Waals surface area (Å²) in [6, 6.07) is 9.87. The molecular formula is C18H23N5O. The van der Waals surface area contributed by atoms with Gasteiger partial charge in [0, 0.05) is 29.2 Å². The van der Waals surface area contributed by atoms with Crippen molar-refractivity contribution in [1.82, 2.24) is 9.97 Å². The fourth-order valence-electron chi connectivity index (χ4n) is 2.99. The van der Waals surface area contributed by atoms with E-state index in [9.17, 15) is 4.79 Å². The first-order valence-corrected chi connectivity index (χ1v) is 8.42. The second-order valence-corrected chi connectivity index (χ2v) is 6.16. The number of anilines is 4. The van der Waals surface area contributed by atoms with Gasteiger partial charge in [-0.15, -0.1) is 0 Å². The van der Waals surface area contributed by atoms with Crippen LogP contribution in [0.15, 0.2) is 30.3 Å². The molecule has 1 aliphatic carbocycles. The lowest BCUT2D eigenvalue weighted by molar-refractivity contribution is -0.105. The summed E-state index contributed by atoms with van der Waals surface area (Å²) in [5, 5.41) is 9.37. The van der Waals surface area contributed by atoms with Crippen molar-refractivity contribution in [3.8, 4) is 0 Å². The van der Waals surface area contributed by atoms with Gasteiger partial charge in [-0.25, -0.2) is 4.98 Å². The van der Waals surface area contributed by atoms with Crippen LogP contribution in [0.4, 0.5) is 23.1 Å². The molecule has 1 aromatic carbocycles. The average Bonchev–Trinajstić information content (AvgIpc) is 2.57. The molecule has 0 spiro atoms. The topological polar surface area (TPSA) is 78.9 Å². The van der Waals surface area contributed by atoms with Crippen LogP contribution in [0.1, 0.15) is 37.8 Å². The summed E-state index contributed by atoms with van der Waals surface area (Å²) in [6.45, 7) is 1.97. The van der Waals surface area contributed by atoms with Crippen LogP contribution in [0.25, 0.3) is 0 Å². The number of hydrogen-bond acceptors (Lipinski definition) is 5. The molecule has 0 saturated heterocycles. The van der Waals surface area contributed by atoms with Crippen molar-refractivity contribution in [3.05, 3.63) is 36.0 Å². The molecule has 0 radical (unpaired) electrons. The molecule has 3 N–H and O–H groups in total. The van der Waals surface area contributed by atoms with Gasteiger partial charge in [-0.3, -0.25) is 4.79 Å². The highest BCUT2D eigenvalue weighted by Gasteiger charge is 2.14.